The summed E-state index contributed by atoms with van der Waals surface area (Å²) in [6.07, 6.45) is 0. The van der Waals surface area contributed by atoms with Gasteiger partial charge in [0.1, 0.15) is 5.75 Å². The van der Waals surface area contributed by atoms with E-state index in [0.717, 1.165) is 16.9 Å². The van der Waals surface area contributed by atoms with Crippen molar-refractivity contribution in [1.29, 1.82) is 0 Å². The zero-order valence-electron chi connectivity index (χ0n) is 15.9. The van der Waals surface area contributed by atoms with E-state index in [0.29, 0.717) is 11.3 Å². The number of methoxy groups -OCH3 is 1. The number of aromatic nitrogens is 2. The number of nitrogens with zero attached hydrogens (tertiary/aromatic N) is 2. The fourth-order valence-electron chi connectivity index (χ4n) is 2.55. The van der Waals surface area contributed by atoms with E-state index in [9.17, 15) is 4.79 Å². The van der Waals surface area contributed by atoms with E-state index in [1.165, 1.54) is 0 Å². The maximum Gasteiger partial charge on any atom is 0.344 e. The van der Waals surface area contributed by atoms with Crippen LogP contribution in [0.1, 0.15) is 36.7 Å². The van der Waals surface area contributed by atoms with Crippen molar-refractivity contribution in [3.8, 4) is 22.9 Å². The van der Waals surface area contributed by atoms with Crippen LogP contribution in [-0.2, 0) is 5.41 Å². The molecule has 0 amide bonds. The minimum Gasteiger partial charge on any atom is -0.497 e. The summed E-state index contributed by atoms with van der Waals surface area (Å²) in [6.45, 7) is 6.38. The second-order valence-corrected chi connectivity index (χ2v) is 7.20. The van der Waals surface area contributed by atoms with Crippen LogP contribution in [0.25, 0.3) is 11.3 Å². The number of carbonyl (C=O) groups excluding carboxylic acids is 1. The van der Waals surface area contributed by atoms with Crippen molar-refractivity contribution in [1.82, 2.24) is 10.2 Å². The van der Waals surface area contributed by atoms with Crippen LogP contribution in [0.5, 0.6) is 11.6 Å². The fraction of sp³-hybridized carbons (Fsp3) is 0.227. The maximum absolute atomic E-state index is 12.3. The summed E-state index contributed by atoms with van der Waals surface area (Å²) < 4.78 is 10.5. The Morgan fingerprint density at radius 3 is 2.04 bits per heavy atom. The molecule has 0 N–H and O–H groups in total. The quantitative estimate of drug-likeness (QED) is 0.631. The van der Waals surface area contributed by atoms with Crippen LogP contribution >= 0.6 is 0 Å². The summed E-state index contributed by atoms with van der Waals surface area (Å²) in [4.78, 5) is 12.3. The molecular weight excluding hydrogens is 340 g/mol. The van der Waals surface area contributed by atoms with Gasteiger partial charge in [-0.05, 0) is 53.4 Å². The highest BCUT2D eigenvalue weighted by Crippen LogP contribution is 2.23. The Bertz CT molecular complexity index is 910. The summed E-state index contributed by atoms with van der Waals surface area (Å²) in [7, 11) is 1.62. The average molecular weight is 362 g/mol. The first-order valence-electron chi connectivity index (χ1n) is 8.68. The first-order valence-corrected chi connectivity index (χ1v) is 8.68. The predicted molar refractivity (Wildman–Crippen MR) is 104 cm³/mol. The summed E-state index contributed by atoms with van der Waals surface area (Å²) in [5, 5.41) is 8.13. The Morgan fingerprint density at radius 2 is 1.52 bits per heavy atom. The average Bonchev–Trinajstić information content (AvgIpc) is 2.68. The van der Waals surface area contributed by atoms with E-state index in [1.807, 2.05) is 36.4 Å². The van der Waals surface area contributed by atoms with Crippen LogP contribution in [0.3, 0.4) is 0 Å². The van der Waals surface area contributed by atoms with Crippen LogP contribution in [0.15, 0.2) is 60.7 Å². The smallest absolute Gasteiger partial charge is 0.344 e. The van der Waals surface area contributed by atoms with Gasteiger partial charge in [-0.25, -0.2) is 4.79 Å². The summed E-state index contributed by atoms with van der Waals surface area (Å²) in [6, 6.07) is 18.3. The van der Waals surface area contributed by atoms with Gasteiger partial charge < -0.3 is 9.47 Å². The molecule has 0 aliphatic heterocycles. The molecule has 2 aromatic carbocycles. The van der Waals surface area contributed by atoms with Crippen LogP contribution in [0.4, 0.5) is 0 Å². The molecule has 3 rings (SSSR count). The molecule has 1 aromatic heterocycles. The molecule has 0 aliphatic carbocycles. The molecule has 3 aromatic rings. The first kappa shape index (κ1) is 18.6. The molecule has 0 saturated heterocycles. The molecule has 138 valence electrons. The normalized spacial score (nSPS) is 11.1. The predicted octanol–water partition coefficient (Wildman–Crippen LogP) is 4.67. The van der Waals surface area contributed by atoms with Crippen molar-refractivity contribution in [3.63, 3.8) is 0 Å². The molecule has 0 spiro atoms. The van der Waals surface area contributed by atoms with Crippen molar-refractivity contribution in [2.24, 2.45) is 0 Å². The number of hydrogen-bond donors (Lipinski definition) is 0. The molecule has 0 atom stereocenters. The molecular formula is C22H22N2O3. The highest BCUT2D eigenvalue weighted by molar-refractivity contribution is 5.90. The molecule has 0 bridgehead atoms. The van der Waals surface area contributed by atoms with Gasteiger partial charge in [-0.2, -0.15) is 0 Å². The van der Waals surface area contributed by atoms with Gasteiger partial charge in [-0.1, -0.05) is 32.9 Å². The minimum atomic E-state index is -0.457. The zero-order valence-corrected chi connectivity index (χ0v) is 15.9. The van der Waals surface area contributed by atoms with Crippen LogP contribution in [-0.4, -0.2) is 23.3 Å². The van der Waals surface area contributed by atoms with Crippen LogP contribution in [0.2, 0.25) is 0 Å². The molecule has 27 heavy (non-hydrogen) atoms. The zero-order chi connectivity index (χ0) is 19.4. The summed E-state index contributed by atoms with van der Waals surface area (Å²) in [5.41, 5.74) is 3.25. The monoisotopic (exact) mass is 362 g/mol. The summed E-state index contributed by atoms with van der Waals surface area (Å²) in [5.74, 6) is 0.480. The van der Waals surface area contributed by atoms with E-state index in [1.54, 1.807) is 31.4 Å². The third-order valence-electron chi connectivity index (χ3n) is 4.21. The Labute approximate surface area is 159 Å². The van der Waals surface area contributed by atoms with Gasteiger partial charge in [-0.3, -0.25) is 0 Å². The van der Waals surface area contributed by atoms with Gasteiger partial charge in [0.2, 0.25) is 5.88 Å². The van der Waals surface area contributed by atoms with Gasteiger partial charge >= 0.3 is 5.97 Å². The van der Waals surface area contributed by atoms with E-state index in [4.69, 9.17) is 9.47 Å². The largest absolute Gasteiger partial charge is 0.497 e. The van der Waals surface area contributed by atoms with Crippen LogP contribution in [0, 0.1) is 0 Å². The lowest BCUT2D eigenvalue weighted by molar-refractivity contribution is 0.0726. The van der Waals surface area contributed by atoms with Gasteiger partial charge in [0.25, 0.3) is 0 Å². The van der Waals surface area contributed by atoms with E-state index in [2.05, 4.69) is 31.0 Å². The molecule has 5 heteroatoms. The van der Waals surface area contributed by atoms with Gasteiger partial charge in [-0.15, -0.1) is 10.2 Å². The maximum atomic E-state index is 12.3. The molecule has 5 nitrogen and oxygen atoms in total. The van der Waals surface area contributed by atoms with Gasteiger partial charge in [0, 0.05) is 11.6 Å². The molecule has 0 unspecified atom stereocenters. The molecule has 0 saturated carbocycles. The third kappa shape index (κ3) is 4.50. The number of carbonyl (C=O) groups is 1. The number of hydrogen-bond acceptors (Lipinski definition) is 5. The van der Waals surface area contributed by atoms with Gasteiger partial charge in [0.15, 0.2) is 0 Å². The molecule has 0 radical (unpaired) electrons. The Morgan fingerprint density at radius 1 is 0.852 bits per heavy atom. The van der Waals surface area contributed by atoms with Crippen LogP contribution < -0.4 is 9.47 Å². The second kappa shape index (κ2) is 7.58. The lowest BCUT2D eigenvalue weighted by Gasteiger charge is -2.18. The Kier molecular flexibility index (Phi) is 5.21. The number of benzene rings is 2. The standard InChI is InChI=1S/C22H22N2O3/c1-22(2,3)17-9-5-16(6-10-17)21(25)27-20-14-13-19(23-24-20)15-7-11-18(26-4)12-8-15/h5-14H,1-4H3. The van der Waals surface area contributed by atoms with Gasteiger partial charge in [0.05, 0.1) is 18.4 Å². The molecule has 0 fully saturated rings. The molecule has 0 aliphatic rings. The third-order valence-corrected chi connectivity index (χ3v) is 4.21. The van der Waals surface area contributed by atoms with Crippen molar-refractivity contribution in [2.75, 3.05) is 7.11 Å². The number of rotatable bonds is 4. The van der Waals surface area contributed by atoms with E-state index >= 15 is 0 Å². The van der Waals surface area contributed by atoms with Crippen molar-refractivity contribution < 1.29 is 14.3 Å². The topological polar surface area (TPSA) is 61.3 Å². The minimum absolute atomic E-state index is 0.0329. The SMILES string of the molecule is COc1ccc(-c2ccc(OC(=O)c3ccc(C(C)(C)C)cc3)nn2)cc1. The van der Waals surface area contributed by atoms with Crippen molar-refractivity contribution in [2.45, 2.75) is 26.2 Å². The first-order chi connectivity index (χ1) is 12.9. The fourth-order valence-corrected chi connectivity index (χ4v) is 2.55. The summed E-state index contributed by atoms with van der Waals surface area (Å²) >= 11 is 0. The Hall–Kier alpha value is -3.21. The van der Waals surface area contributed by atoms with E-state index < -0.39 is 5.97 Å². The van der Waals surface area contributed by atoms with Crippen molar-refractivity contribution in [3.05, 3.63) is 71.8 Å². The van der Waals surface area contributed by atoms with E-state index in [-0.39, 0.29) is 11.3 Å². The lowest BCUT2D eigenvalue weighted by Crippen LogP contribution is -2.13. The lowest BCUT2D eigenvalue weighted by atomic mass is 9.87. The number of ether oxygens (including phenoxy) is 2. The molecule has 1 heterocycles. The number of esters is 1. The highest BCUT2D eigenvalue weighted by Gasteiger charge is 2.15. The second-order valence-electron chi connectivity index (χ2n) is 7.20. The highest BCUT2D eigenvalue weighted by atomic mass is 16.5. The Balaban J connectivity index is 1.69. The van der Waals surface area contributed by atoms with Crippen molar-refractivity contribution >= 4 is 5.97 Å².